The number of hydrogen-bond donors (Lipinski definition) is 2. The quantitative estimate of drug-likeness (QED) is 0.102. The van der Waals surface area contributed by atoms with Crippen LogP contribution in [0.25, 0.3) is 0 Å². The first kappa shape index (κ1) is 31.6. The van der Waals surface area contributed by atoms with E-state index in [1.54, 1.807) is 6.08 Å². The summed E-state index contributed by atoms with van der Waals surface area (Å²) >= 11 is 0. The first-order chi connectivity index (χ1) is 20.0. The maximum absolute atomic E-state index is 13.6. The molecule has 6 atom stereocenters. The Hall–Kier alpha value is -3.37. The highest BCUT2D eigenvalue weighted by molar-refractivity contribution is 6.14. The number of rotatable bonds is 14. The Morgan fingerprint density at radius 2 is 1.81 bits per heavy atom. The molecule has 0 aromatic carbocycles. The lowest BCUT2D eigenvalue weighted by molar-refractivity contribution is -0.206. The summed E-state index contributed by atoms with van der Waals surface area (Å²) < 4.78 is 15.5. The molecule has 1 saturated heterocycles. The van der Waals surface area contributed by atoms with E-state index in [1.807, 2.05) is 32.1 Å². The first-order valence-electron chi connectivity index (χ1n) is 14.7. The molecule has 4 aliphatic rings. The molecule has 2 N–H and O–H groups in total. The van der Waals surface area contributed by atoms with E-state index in [-0.39, 0.29) is 36.0 Å². The fourth-order valence-corrected chi connectivity index (χ4v) is 7.02. The van der Waals surface area contributed by atoms with Crippen LogP contribution in [0.3, 0.4) is 0 Å². The summed E-state index contributed by atoms with van der Waals surface area (Å²) in [5, 5.41) is 23.2. The number of carbonyl (C=O) groups excluding carboxylic acids is 5. The molecular formula is C32H40O10. The lowest BCUT2D eigenvalue weighted by Crippen LogP contribution is -2.51. The summed E-state index contributed by atoms with van der Waals surface area (Å²) in [4.78, 5) is 65.1. The number of aliphatic hydroxyl groups is 2. The van der Waals surface area contributed by atoms with Gasteiger partial charge in [0.2, 0.25) is 5.79 Å². The third-order valence-corrected chi connectivity index (χ3v) is 9.07. The number of esters is 4. The molecular weight excluding hydrogens is 544 g/mol. The molecule has 0 unspecified atom stereocenters. The standard InChI is InChI=1S/C32H40O10/c1-4-6-8-9-10-12-13-19-15-24-31(18-25(35)40-3)17-21-26(29(37)41-28(21)36)27(32(24,39)42-30(31)38)20(19)16-23(34)22(33)14-11-7-5-2/h4-7,15,19-20,23,27,34,39H,8-14,16-18H2,1-3H3/b6-4+,7-5+/t19-,20+,23+,27+,31-,32+/m1/s1. The Labute approximate surface area is 245 Å². The van der Waals surface area contributed by atoms with Gasteiger partial charge in [0.25, 0.3) is 0 Å². The molecule has 0 radical (unpaired) electrons. The topological polar surface area (TPSA) is 154 Å². The second kappa shape index (κ2) is 12.9. The van der Waals surface area contributed by atoms with Gasteiger partial charge in [-0.1, -0.05) is 43.2 Å². The minimum Gasteiger partial charge on any atom is -0.469 e. The van der Waals surface area contributed by atoms with Crippen molar-refractivity contribution in [2.24, 2.45) is 23.2 Å². The van der Waals surface area contributed by atoms with Gasteiger partial charge in [-0.05, 0) is 57.8 Å². The highest BCUT2D eigenvalue weighted by atomic mass is 16.7. The molecule has 0 spiro atoms. The molecule has 2 heterocycles. The molecule has 4 bridgehead atoms. The predicted octanol–water partition coefficient (Wildman–Crippen LogP) is 3.56. The van der Waals surface area contributed by atoms with Crippen molar-refractivity contribution in [1.82, 2.24) is 0 Å². The highest BCUT2D eigenvalue weighted by Gasteiger charge is 2.72. The lowest BCUT2D eigenvalue weighted by Gasteiger charge is -2.45. The number of allylic oxidation sites excluding steroid dienone is 5. The summed E-state index contributed by atoms with van der Waals surface area (Å²) in [5.74, 6) is -8.76. The molecule has 1 fully saturated rings. The van der Waals surface area contributed by atoms with Crippen molar-refractivity contribution in [2.75, 3.05) is 7.11 Å². The van der Waals surface area contributed by atoms with Crippen LogP contribution in [0.1, 0.15) is 78.1 Å². The summed E-state index contributed by atoms with van der Waals surface area (Å²) in [7, 11) is 1.17. The third kappa shape index (κ3) is 5.66. The van der Waals surface area contributed by atoms with Crippen LogP contribution in [0.5, 0.6) is 0 Å². The Bertz CT molecular complexity index is 1260. The van der Waals surface area contributed by atoms with Crippen LogP contribution < -0.4 is 0 Å². The number of ether oxygens (including phenoxy) is 3. The zero-order valence-electron chi connectivity index (χ0n) is 24.4. The van der Waals surface area contributed by atoms with Crippen LogP contribution in [0.4, 0.5) is 0 Å². The van der Waals surface area contributed by atoms with E-state index in [1.165, 1.54) is 7.11 Å². The van der Waals surface area contributed by atoms with E-state index in [9.17, 15) is 34.2 Å². The van der Waals surface area contributed by atoms with E-state index >= 15 is 0 Å². The largest absolute Gasteiger partial charge is 0.469 e. The number of Topliss-reactive ketones (excluding diaryl/α,β-unsaturated/α-hetero) is 1. The van der Waals surface area contributed by atoms with Crippen molar-refractivity contribution in [3.05, 3.63) is 47.1 Å². The number of carbonyl (C=O) groups is 5. The molecule has 2 aliphatic heterocycles. The van der Waals surface area contributed by atoms with E-state index in [0.717, 1.165) is 25.7 Å². The van der Waals surface area contributed by atoms with Crippen LogP contribution in [0.2, 0.25) is 0 Å². The number of cyclic esters (lactones) is 2. The van der Waals surface area contributed by atoms with Gasteiger partial charge in [-0.2, -0.15) is 0 Å². The summed E-state index contributed by atoms with van der Waals surface area (Å²) in [6.45, 7) is 3.79. The Morgan fingerprint density at radius 3 is 2.50 bits per heavy atom. The zero-order valence-corrected chi connectivity index (χ0v) is 24.4. The molecule has 10 heteroatoms. The SMILES string of the molecule is C/C=C/CCCCC[C@@H]1C=C2[C@]3(CC(=O)OC)CC4=C(C(=O)OC4=O)[C@H]([C@H]1C[C@H](O)C(=O)CC/C=C/C)[C@@]2(O)OC3=O. The minimum absolute atomic E-state index is 0.0988. The van der Waals surface area contributed by atoms with Gasteiger partial charge < -0.3 is 24.4 Å². The van der Waals surface area contributed by atoms with Gasteiger partial charge in [0.05, 0.1) is 30.6 Å². The maximum Gasteiger partial charge on any atom is 0.343 e. The van der Waals surface area contributed by atoms with E-state index in [2.05, 4.69) is 6.08 Å². The molecule has 2 aliphatic carbocycles. The summed E-state index contributed by atoms with van der Waals surface area (Å²) in [6.07, 6.45) is 11.6. The van der Waals surface area contributed by atoms with Gasteiger partial charge in [0.1, 0.15) is 11.5 Å². The van der Waals surface area contributed by atoms with Gasteiger partial charge in [0, 0.05) is 18.4 Å². The second-order valence-electron chi connectivity index (χ2n) is 11.6. The maximum atomic E-state index is 13.6. The Balaban J connectivity index is 1.81. The second-order valence-corrected chi connectivity index (χ2v) is 11.6. The number of aliphatic hydroxyl groups excluding tert-OH is 1. The Morgan fingerprint density at radius 1 is 1.10 bits per heavy atom. The molecule has 0 amide bonds. The van der Waals surface area contributed by atoms with Gasteiger partial charge in [-0.15, -0.1) is 0 Å². The van der Waals surface area contributed by atoms with Crippen LogP contribution >= 0.6 is 0 Å². The van der Waals surface area contributed by atoms with Crippen molar-refractivity contribution in [1.29, 1.82) is 0 Å². The fourth-order valence-electron chi connectivity index (χ4n) is 7.02. The van der Waals surface area contributed by atoms with E-state index in [0.29, 0.717) is 12.8 Å². The Kier molecular flexibility index (Phi) is 9.67. The van der Waals surface area contributed by atoms with Gasteiger partial charge >= 0.3 is 23.9 Å². The van der Waals surface area contributed by atoms with Gasteiger partial charge in [0.15, 0.2) is 5.78 Å². The smallest absolute Gasteiger partial charge is 0.343 e. The van der Waals surface area contributed by atoms with Crippen molar-refractivity contribution < 1.29 is 48.4 Å². The molecule has 10 nitrogen and oxygen atoms in total. The molecule has 4 rings (SSSR count). The summed E-state index contributed by atoms with van der Waals surface area (Å²) in [6, 6.07) is 0. The fraction of sp³-hybridized carbons (Fsp3) is 0.594. The average molecular weight is 585 g/mol. The lowest BCUT2D eigenvalue weighted by atomic mass is 9.61. The van der Waals surface area contributed by atoms with Crippen molar-refractivity contribution in [3.8, 4) is 0 Å². The number of ketones is 1. The zero-order chi connectivity index (χ0) is 30.7. The van der Waals surface area contributed by atoms with E-state index < -0.39 is 71.1 Å². The monoisotopic (exact) mass is 584 g/mol. The summed E-state index contributed by atoms with van der Waals surface area (Å²) in [5.41, 5.74) is -1.87. The number of hydrogen-bond acceptors (Lipinski definition) is 10. The number of fused-ring (bicyclic) bond motifs is 1. The van der Waals surface area contributed by atoms with Crippen molar-refractivity contribution >= 4 is 29.7 Å². The number of methoxy groups -OCH3 is 1. The molecule has 0 aromatic heterocycles. The third-order valence-electron chi connectivity index (χ3n) is 9.07. The number of unbranched alkanes of at least 4 members (excludes halogenated alkanes) is 3. The molecule has 0 saturated carbocycles. The van der Waals surface area contributed by atoms with Crippen LogP contribution in [0.15, 0.2) is 47.1 Å². The minimum atomic E-state index is -2.37. The predicted molar refractivity (Wildman–Crippen MR) is 149 cm³/mol. The molecule has 0 aromatic rings. The van der Waals surface area contributed by atoms with Crippen molar-refractivity contribution in [3.63, 3.8) is 0 Å². The molecule has 42 heavy (non-hydrogen) atoms. The normalized spacial score (nSPS) is 30.7. The van der Waals surface area contributed by atoms with Crippen LogP contribution in [0, 0.1) is 23.2 Å². The first-order valence-corrected chi connectivity index (χ1v) is 14.7. The average Bonchev–Trinajstić information content (AvgIpc) is 3.31. The highest BCUT2D eigenvalue weighted by Crippen LogP contribution is 2.64. The van der Waals surface area contributed by atoms with Crippen molar-refractivity contribution in [2.45, 2.75) is 89.9 Å². The van der Waals surface area contributed by atoms with Gasteiger partial charge in [-0.25, -0.2) is 9.59 Å². The van der Waals surface area contributed by atoms with Gasteiger partial charge in [-0.3, -0.25) is 14.4 Å². The molecule has 228 valence electrons. The van der Waals surface area contributed by atoms with E-state index in [4.69, 9.17) is 14.2 Å². The van der Waals surface area contributed by atoms with Crippen LogP contribution in [-0.2, 0) is 38.2 Å². The van der Waals surface area contributed by atoms with Crippen LogP contribution in [-0.4, -0.2) is 58.9 Å².